The maximum absolute atomic E-state index is 12.3. The second-order valence-corrected chi connectivity index (χ2v) is 7.37. The molecule has 0 radical (unpaired) electrons. The second kappa shape index (κ2) is 8.63. The maximum atomic E-state index is 12.3. The number of aliphatic hydroxyl groups is 1. The summed E-state index contributed by atoms with van der Waals surface area (Å²) in [7, 11) is 0. The van der Waals surface area contributed by atoms with Crippen molar-refractivity contribution in [1.82, 2.24) is 5.32 Å². The summed E-state index contributed by atoms with van der Waals surface area (Å²) in [5.74, 6) is -0.286. The predicted octanol–water partition coefficient (Wildman–Crippen LogP) is 3.36. The van der Waals surface area contributed by atoms with E-state index >= 15 is 0 Å². The zero-order chi connectivity index (χ0) is 20.3. The average molecular weight is 402 g/mol. The Bertz CT molecular complexity index is 870. The number of hydrogen-bond donors (Lipinski definition) is 3. The molecule has 0 aromatic heterocycles. The number of carbonyl (C=O) groups excluding carboxylic acids is 2. The average Bonchev–Trinajstić information content (AvgIpc) is 2.67. The quantitative estimate of drug-likeness (QED) is 0.717. The number of amides is 2. The Labute approximate surface area is 169 Å². The SMILES string of the molecule is CC(=O)N1c2ccc(C(=O)NCCO)cc2C(Nc2ccc(Cl)cc2)CC1C. The number of hydrogen-bond acceptors (Lipinski definition) is 4. The van der Waals surface area contributed by atoms with Gasteiger partial charge in [-0.25, -0.2) is 0 Å². The van der Waals surface area contributed by atoms with Crippen LogP contribution in [0.15, 0.2) is 42.5 Å². The molecular formula is C21H24ClN3O3. The van der Waals surface area contributed by atoms with Crippen LogP contribution in [-0.2, 0) is 4.79 Å². The number of nitrogens with zero attached hydrogens (tertiary/aromatic N) is 1. The van der Waals surface area contributed by atoms with E-state index in [1.807, 2.05) is 43.3 Å². The third kappa shape index (κ3) is 4.29. The molecule has 0 aliphatic carbocycles. The summed E-state index contributed by atoms with van der Waals surface area (Å²) >= 11 is 5.98. The van der Waals surface area contributed by atoms with E-state index in [1.54, 1.807) is 17.9 Å². The van der Waals surface area contributed by atoms with Gasteiger partial charge in [0.25, 0.3) is 5.91 Å². The van der Waals surface area contributed by atoms with Crippen molar-refractivity contribution in [2.24, 2.45) is 0 Å². The smallest absolute Gasteiger partial charge is 0.251 e. The van der Waals surface area contributed by atoms with Gasteiger partial charge in [0.15, 0.2) is 0 Å². The van der Waals surface area contributed by atoms with Gasteiger partial charge < -0.3 is 20.6 Å². The minimum Gasteiger partial charge on any atom is -0.395 e. The van der Waals surface area contributed by atoms with Crippen LogP contribution in [0.1, 0.15) is 42.2 Å². The normalized spacial score (nSPS) is 18.4. The van der Waals surface area contributed by atoms with Crippen LogP contribution in [0.5, 0.6) is 0 Å². The lowest BCUT2D eigenvalue weighted by Gasteiger charge is -2.39. The molecular weight excluding hydrogens is 378 g/mol. The highest BCUT2D eigenvalue weighted by atomic mass is 35.5. The fraction of sp³-hybridized carbons (Fsp3) is 0.333. The molecule has 2 aromatic rings. The van der Waals surface area contributed by atoms with Crippen molar-refractivity contribution in [3.05, 3.63) is 58.6 Å². The molecule has 2 atom stereocenters. The first-order chi connectivity index (χ1) is 13.4. The van der Waals surface area contributed by atoms with E-state index in [4.69, 9.17) is 16.7 Å². The Morgan fingerprint density at radius 1 is 1.21 bits per heavy atom. The number of nitrogens with one attached hydrogen (secondary N) is 2. The Hall–Kier alpha value is -2.57. The van der Waals surface area contributed by atoms with Gasteiger partial charge in [-0.1, -0.05) is 11.6 Å². The van der Waals surface area contributed by atoms with Crippen LogP contribution >= 0.6 is 11.6 Å². The number of anilines is 2. The van der Waals surface area contributed by atoms with Gasteiger partial charge in [0.05, 0.1) is 12.6 Å². The lowest BCUT2D eigenvalue weighted by molar-refractivity contribution is -0.117. The number of rotatable bonds is 5. The number of carbonyl (C=O) groups is 2. The summed E-state index contributed by atoms with van der Waals surface area (Å²) in [6, 6.07) is 12.7. The van der Waals surface area contributed by atoms with Crippen LogP contribution in [0.25, 0.3) is 0 Å². The van der Waals surface area contributed by atoms with Crippen molar-refractivity contribution in [3.8, 4) is 0 Å². The van der Waals surface area contributed by atoms with Crippen molar-refractivity contribution in [1.29, 1.82) is 0 Å². The van der Waals surface area contributed by atoms with Gasteiger partial charge >= 0.3 is 0 Å². The Morgan fingerprint density at radius 3 is 2.57 bits per heavy atom. The molecule has 1 heterocycles. The van der Waals surface area contributed by atoms with E-state index in [0.717, 1.165) is 16.9 Å². The number of fused-ring (bicyclic) bond motifs is 1. The van der Waals surface area contributed by atoms with Crippen LogP contribution in [0.3, 0.4) is 0 Å². The van der Waals surface area contributed by atoms with Gasteiger partial charge in [0, 0.05) is 41.5 Å². The third-order valence-electron chi connectivity index (χ3n) is 4.86. The molecule has 0 saturated heterocycles. The van der Waals surface area contributed by atoms with Crippen LogP contribution in [0.2, 0.25) is 5.02 Å². The lowest BCUT2D eigenvalue weighted by Crippen LogP contribution is -2.43. The zero-order valence-electron chi connectivity index (χ0n) is 15.9. The molecule has 0 fully saturated rings. The van der Waals surface area contributed by atoms with Gasteiger partial charge in [-0.05, 0) is 61.4 Å². The van der Waals surface area contributed by atoms with E-state index in [1.165, 1.54) is 0 Å². The van der Waals surface area contributed by atoms with Gasteiger partial charge in [-0.15, -0.1) is 0 Å². The summed E-state index contributed by atoms with van der Waals surface area (Å²) in [5.41, 5.74) is 3.10. The fourth-order valence-electron chi connectivity index (χ4n) is 3.64. The molecule has 148 valence electrons. The summed E-state index contributed by atoms with van der Waals surface area (Å²) in [4.78, 5) is 26.3. The van der Waals surface area contributed by atoms with Gasteiger partial charge in [0.2, 0.25) is 5.91 Å². The summed E-state index contributed by atoms with van der Waals surface area (Å²) in [5, 5.41) is 15.7. The van der Waals surface area contributed by atoms with Crippen molar-refractivity contribution >= 4 is 34.8 Å². The summed E-state index contributed by atoms with van der Waals surface area (Å²) in [6.07, 6.45) is 0.705. The van der Waals surface area contributed by atoms with E-state index < -0.39 is 0 Å². The molecule has 1 aliphatic rings. The maximum Gasteiger partial charge on any atom is 0.251 e. The highest BCUT2D eigenvalue weighted by Gasteiger charge is 2.33. The molecule has 2 unspecified atom stereocenters. The summed E-state index contributed by atoms with van der Waals surface area (Å²) < 4.78 is 0. The highest BCUT2D eigenvalue weighted by Crippen LogP contribution is 2.39. The van der Waals surface area contributed by atoms with Crippen LogP contribution in [0.4, 0.5) is 11.4 Å². The van der Waals surface area contributed by atoms with Crippen LogP contribution < -0.4 is 15.5 Å². The number of halogens is 1. The summed E-state index contributed by atoms with van der Waals surface area (Å²) in [6.45, 7) is 3.64. The molecule has 2 aromatic carbocycles. The first kappa shape index (κ1) is 20.2. The van der Waals surface area contributed by atoms with Gasteiger partial charge in [-0.3, -0.25) is 9.59 Å². The van der Waals surface area contributed by atoms with E-state index in [0.29, 0.717) is 17.0 Å². The molecule has 0 spiro atoms. The van der Waals surface area contributed by atoms with Crippen LogP contribution in [0, 0.1) is 0 Å². The lowest BCUT2D eigenvalue weighted by atomic mass is 9.90. The minimum atomic E-state index is -0.255. The van der Waals surface area contributed by atoms with Crippen molar-refractivity contribution in [2.45, 2.75) is 32.4 Å². The number of benzene rings is 2. The third-order valence-corrected chi connectivity index (χ3v) is 5.12. The molecule has 0 bridgehead atoms. The van der Waals surface area contributed by atoms with Crippen LogP contribution in [-0.4, -0.2) is 36.1 Å². The van der Waals surface area contributed by atoms with Crippen molar-refractivity contribution in [3.63, 3.8) is 0 Å². The molecule has 0 saturated carbocycles. The van der Waals surface area contributed by atoms with Gasteiger partial charge in [0.1, 0.15) is 0 Å². The van der Waals surface area contributed by atoms with E-state index in [9.17, 15) is 9.59 Å². The minimum absolute atomic E-state index is 0.0175. The first-order valence-corrected chi connectivity index (χ1v) is 9.63. The zero-order valence-corrected chi connectivity index (χ0v) is 16.7. The predicted molar refractivity (Wildman–Crippen MR) is 111 cm³/mol. The monoisotopic (exact) mass is 401 g/mol. The Morgan fingerprint density at radius 2 is 1.93 bits per heavy atom. The fourth-order valence-corrected chi connectivity index (χ4v) is 3.77. The largest absolute Gasteiger partial charge is 0.395 e. The molecule has 3 rings (SSSR count). The Balaban J connectivity index is 1.98. The molecule has 6 nitrogen and oxygen atoms in total. The van der Waals surface area contributed by atoms with Crippen molar-refractivity contribution < 1.29 is 14.7 Å². The molecule has 2 amide bonds. The second-order valence-electron chi connectivity index (χ2n) is 6.93. The molecule has 28 heavy (non-hydrogen) atoms. The van der Waals surface area contributed by atoms with E-state index in [2.05, 4.69) is 10.6 Å². The number of aliphatic hydroxyl groups excluding tert-OH is 1. The standard InChI is InChI=1S/C21H24ClN3O3/c1-13-11-19(24-17-6-4-16(22)5-7-17)18-12-15(21(28)23-9-10-26)3-8-20(18)25(13)14(2)27/h3-8,12-13,19,24,26H,9-11H2,1-2H3,(H,23,28). The highest BCUT2D eigenvalue weighted by molar-refractivity contribution is 6.30. The van der Waals surface area contributed by atoms with E-state index in [-0.39, 0.29) is 37.0 Å². The topological polar surface area (TPSA) is 81.7 Å². The molecule has 7 heteroatoms. The first-order valence-electron chi connectivity index (χ1n) is 9.25. The van der Waals surface area contributed by atoms with Crippen molar-refractivity contribution in [2.75, 3.05) is 23.4 Å². The van der Waals surface area contributed by atoms with Gasteiger partial charge in [-0.2, -0.15) is 0 Å². The molecule has 1 aliphatic heterocycles. The Kier molecular flexibility index (Phi) is 6.21. The molecule has 3 N–H and O–H groups in total.